The van der Waals surface area contributed by atoms with Crippen LogP contribution in [0.15, 0.2) is 12.1 Å². The van der Waals surface area contributed by atoms with Gasteiger partial charge in [0.25, 0.3) is 5.69 Å². The number of benzene rings is 1. The van der Waals surface area contributed by atoms with Crippen molar-refractivity contribution in [2.75, 3.05) is 31.1 Å². The van der Waals surface area contributed by atoms with Crippen LogP contribution in [-0.4, -0.2) is 59.4 Å². The summed E-state index contributed by atoms with van der Waals surface area (Å²) in [7, 11) is 0. The highest BCUT2D eigenvalue weighted by molar-refractivity contribution is 5.73. The molecule has 7 nitrogen and oxygen atoms in total. The van der Waals surface area contributed by atoms with Gasteiger partial charge in [0.1, 0.15) is 17.0 Å². The fourth-order valence-corrected chi connectivity index (χ4v) is 3.95. The maximum absolute atomic E-state index is 13.9. The van der Waals surface area contributed by atoms with Gasteiger partial charge >= 0.3 is 6.18 Å². The van der Waals surface area contributed by atoms with Crippen LogP contribution in [0, 0.1) is 10.1 Å². The molecule has 1 N–H and O–H groups in total. The second-order valence-corrected chi connectivity index (χ2v) is 7.28. The fourth-order valence-electron chi connectivity index (χ4n) is 3.95. The van der Waals surface area contributed by atoms with E-state index in [1.54, 1.807) is 0 Å². The van der Waals surface area contributed by atoms with Gasteiger partial charge in [-0.3, -0.25) is 15.0 Å². The molecule has 1 aromatic carbocycles. The lowest BCUT2D eigenvalue weighted by Crippen LogP contribution is -2.53. The Balaban J connectivity index is 1.79. The van der Waals surface area contributed by atoms with Crippen molar-refractivity contribution in [1.29, 1.82) is 0 Å². The zero-order chi connectivity index (χ0) is 19.3. The molecule has 27 heavy (non-hydrogen) atoms. The first-order valence-electron chi connectivity index (χ1n) is 8.98. The predicted molar refractivity (Wildman–Crippen MR) is 89.9 cm³/mol. The summed E-state index contributed by atoms with van der Waals surface area (Å²) in [5, 5.41) is 21.6. The number of ether oxygens (including phenoxy) is 1. The van der Waals surface area contributed by atoms with Gasteiger partial charge in [-0.15, -0.1) is 0 Å². The minimum atomic E-state index is -4.79. The van der Waals surface area contributed by atoms with E-state index in [0.29, 0.717) is 32.4 Å². The number of fused-ring (bicyclic) bond motifs is 1. The van der Waals surface area contributed by atoms with E-state index in [2.05, 4.69) is 0 Å². The summed E-state index contributed by atoms with van der Waals surface area (Å²) in [6.07, 6.45) is -3.80. The van der Waals surface area contributed by atoms with Gasteiger partial charge in [0.15, 0.2) is 0 Å². The molecule has 4 rings (SSSR count). The van der Waals surface area contributed by atoms with Gasteiger partial charge in [-0.1, -0.05) is 0 Å². The van der Waals surface area contributed by atoms with E-state index < -0.39 is 34.1 Å². The van der Waals surface area contributed by atoms with Crippen LogP contribution in [0.4, 0.5) is 24.5 Å². The van der Waals surface area contributed by atoms with E-state index in [9.17, 15) is 28.4 Å². The van der Waals surface area contributed by atoms with E-state index in [0.717, 1.165) is 12.1 Å². The molecule has 2 heterocycles. The molecular formula is C17H20F3N3O4. The van der Waals surface area contributed by atoms with Crippen molar-refractivity contribution in [3.05, 3.63) is 27.8 Å². The molecule has 0 aromatic heterocycles. The topological polar surface area (TPSA) is 79.1 Å². The number of nitro groups is 1. The zero-order valence-corrected chi connectivity index (χ0v) is 14.5. The van der Waals surface area contributed by atoms with Crippen LogP contribution in [-0.2, 0) is 6.18 Å². The first kappa shape index (κ1) is 18.3. The largest absolute Gasteiger partial charge is 0.490 e. The highest BCUT2D eigenvalue weighted by Gasteiger charge is 2.46. The highest BCUT2D eigenvalue weighted by Crippen LogP contribution is 2.49. The Morgan fingerprint density at radius 1 is 1.19 bits per heavy atom. The third-order valence-electron chi connectivity index (χ3n) is 5.42. The molecule has 0 spiro atoms. The van der Waals surface area contributed by atoms with Gasteiger partial charge in [-0.2, -0.15) is 13.2 Å². The molecule has 0 bridgehead atoms. The summed E-state index contributed by atoms with van der Waals surface area (Å²) in [6.45, 7) is 1.46. The molecule has 0 amide bonds. The van der Waals surface area contributed by atoms with Crippen LogP contribution in [0.2, 0.25) is 0 Å². The Morgan fingerprint density at radius 2 is 1.93 bits per heavy atom. The van der Waals surface area contributed by atoms with E-state index in [4.69, 9.17) is 4.74 Å². The second kappa shape index (κ2) is 6.52. The fraction of sp³-hybridized carbons (Fsp3) is 0.647. The first-order chi connectivity index (χ1) is 12.8. The third kappa shape index (κ3) is 3.43. The lowest BCUT2D eigenvalue weighted by atomic mass is 10.0. The van der Waals surface area contributed by atoms with Crippen LogP contribution >= 0.6 is 0 Å². The van der Waals surface area contributed by atoms with Crippen LogP contribution < -0.4 is 9.64 Å². The predicted octanol–water partition coefficient (Wildman–Crippen LogP) is 2.41. The van der Waals surface area contributed by atoms with Crippen molar-refractivity contribution in [2.45, 2.75) is 43.7 Å². The van der Waals surface area contributed by atoms with Crippen molar-refractivity contribution in [3.8, 4) is 5.75 Å². The summed E-state index contributed by atoms with van der Waals surface area (Å²) < 4.78 is 47.2. The maximum Gasteiger partial charge on any atom is 0.422 e. The molecule has 2 aliphatic heterocycles. The Kier molecular flexibility index (Phi) is 4.42. The standard InChI is InChI=1S/C17H20F3N3O4/c18-17(19,20)15-14(27-10-1-2-10)4-3-11(23(25)26)16(15)22-8-7-21-6-5-13(24)12(21)9-22/h3-4,10,12-13,24H,1-2,5-9H2/t12-,13-/m0/s1. The number of nitro benzene ring substituents is 1. The van der Waals surface area contributed by atoms with Crippen molar-refractivity contribution in [1.82, 2.24) is 4.90 Å². The van der Waals surface area contributed by atoms with E-state index in [-0.39, 0.29) is 31.0 Å². The minimum Gasteiger partial charge on any atom is -0.490 e. The smallest absolute Gasteiger partial charge is 0.422 e. The van der Waals surface area contributed by atoms with Crippen molar-refractivity contribution >= 4 is 11.4 Å². The molecule has 1 saturated carbocycles. The Morgan fingerprint density at radius 3 is 2.56 bits per heavy atom. The van der Waals surface area contributed by atoms with E-state index in [1.807, 2.05) is 4.90 Å². The molecule has 0 radical (unpaired) electrons. The van der Waals surface area contributed by atoms with E-state index in [1.165, 1.54) is 4.90 Å². The Labute approximate surface area is 153 Å². The normalized spacial score (nSPS) is 26.1. The average Bonchev–Trinajstić information content (AvgIpc) is 3.34. The number of aliphatic hydroxyl groups is 1. The average molecular weight is 387 g/mol. The molecule has 10 heteroatoms. The van der Waals surface area contributed by atoms with Gasteiger partial charge in [0.2, 0.25) is 0 Å². The molecule has 148 valence electrons. The van der Waals surface area contributed by atoms with Crippen molar-refractivity contribution in [3.63, 3.8) is 0 Å². The number of halogens is 3. The summed E-state index contributed by atoms with van der Waals surface area (Å²) in [6, 6.07) is 1.80. The molecular weight excluding hydrogens is 367 g/mol. The van der Waals surface area contributed by atoms with Gasteiger partial charge < -0.3 is 14.7 Å². The van der Waals surface area contributed by atoms with Gasteiger partial charge in [0, 0.05) is 32.2 Å². The van der Waals surface area contributed by atoms with Crippen LogP contribution in [0.5, 0.6) is 5.75 Å². The number of anilines is 1. The molecule has 1 aliphatic carbocycles. The number of hydrogen-bond acceptors (Lipinski definition) is 6. The number of aliphatic hydroxyl groups excluding tert-OH is 1. The van der Waals surface area contributed by atoms with Gasteiger partial charge in [-0.25, -0.2) is 0 Å². The molecule has 3 fully saturated rings. The van der Waals surface area contributed by atoms with Crippen molar-refractivity contribution in [2.24, 2.45) is 0 Å². The third-order valence-corrected chi connectivity index (χ3v) is 5.42. The Hall–Kier alpha value is -2.07. The number of piperazine rings is 1. The summed E-state index contributed by atoms with van der Waals surface area (Å²) in [5.74, 6) is -0.361. The summed E-state index contributed by atoms with van der Waals surface area (Å²) >= 11 is 0. The zero-order valence-electron chi connectivity index (χ0n) is 14.5. The minimum absolute atomic E-state index is 0.109. The SMILES string of the molecule is O=[N+]([O-])c1ccc(OC2CC2)c(C(F)(F)F)c1N1CCN2CC[C@H](O)[C@@H]2C1. The quantitative estimate of drug-likeness (QED) is 0.632. The number of alkyl halides is 3. The summed E-state index contributed by atoms with van der Waals surface area (Å²) in [4.78, 5) is 14.1. The van der Waals surface area contributed by atoms with Gasteiger partial charge in [-0.05, 0) is 25.3 Å². The second-order valence-electron chi connectivity index (χ2n) is 7.28. The molecule has 2 saturated heterocycles. The molecule has 2 atom stereocenters. The lowest BCUT2D eigenvalue weighted by Gasteiger charge is -2.40. The van der Waals surface area contributed by atoms with Gasteiger partial charge in [0.05, 0.1) is 23.2 Å². The maximum atomic E-state index is 13.9. The number of nitrogens with zero attached hydrogens (tertiary/aromatic N) is 3. The number of rotatable bonds is 4. The Bertz CT molecular complexity index is 754. The molecule has 1 aromatic rings. The lowest BCUT2D eigenvalue weighted by molar-refractivity contribution is -0.384. The van der Waals surface area contributed by atoms with Crippen LogP contribution in [0.3, 0.4) is 0 Å². The van der Waals surface area contributed by atoms with Crippen molar-refractivity contribution < 1.29 is 27.9 Å². The molecule has 3 aliphatic rings. The van der Waals surface area contributed by atoms with Crippen LogP contribution in [0.1, 0.15) is 24.8 Å². The van der Waals surface area contributed by atoms with E-state index >= 15 is 0 Å². The molecule has 0 unspecified atom stereocenters. The number of hydrogen-bond donors (Lipinski definition) is 1. The monoisotopic (exact) mass is 387 g/mol. The highest BCUT2D eigenvalue weighted by atomic mass is 19.4. The first-order valence-corrected chi connectivity index (χ1v) is 8.98. The summed E-state index contributed by atoms with van der Waals surface area (Å²) in [5.41, 5.74) is -2.14. The van der Waals surface area contributed by atoms with Crippen LogP contribution in [0.25, 0.3) is 0 Å².